The van der Waals surface area contributed by atoms with Crippen LogP contribution in [0.4, 0.5) is 0 Å². The molecule has 0 spiro atoms. The summed E-state index contributed by atoms with van der Waals surface area (Å²) in [7, 11) is 0. The van der Waals surface area contributed by atoms with Crippen molar-refractivity contribution in [1.82, 2.24) is 4.90 Å². The molecule has 0 amide bonds. The molecule has 3 nitrogen and oxygen atoms in total. The maximum Gasteiger partial charge on any atom is 0.308 e. The first-order valence-electron chi connectivity index (χ1n) is 6.19. The van der Waals surface area contributed by atoms with Gasteiger partial charge in [0.25, 0.3) is 0 Å². The maximum absolute atomic E-state index is 11.1. The molecule has 1 aliphatic carbocycles. The number of likely N-dealkylation sites (tertiary alicyclic amines) is 1. The molecule has 1 N–H and O–H groups in total. The van der Waals surface area contributed by atoms with E-state index in [0.717, 1.165) is 25.9 Å². The van der Waals surface area contributed by atoms with Gasteiger partial charge in [-0.1, -0.05) is 19.8 Å². The smallest absolute Gasteiger partial charge is 0.308 e. The molecule has 2 aliphatic rings. The normalized spacial score (nSPS) is 32.9. The van der Waals surface area contributed by atoms with Crippen molar-refractivity contribution in [2.24, 2.45) is 11.8 Å². The zero-order valence-corrected chi connectivity index (χ0v) is 9.48. The molecule has 1 saturated carbocycles. The average Bonchev–Trinajstić information content (AvgIpc) is 2.46. The first kappa shape index (κ1) is 10.9. The van der Waals surface area contributed by atoms with E-state index >= 15 is 0 Å². The van der Waals surface area contributed by atoms with Crippen molar-refractivity contribution in [3.8, 4) is 0 Å². The fourth-order valence-electron chi connectivity index (χ4n) is 2.90. The van der Waals surface area contributed by atoms with Crippen molar-refractivity contribution < 1.29 is 9.90 Å². The van der Waals surface area contributed by atoms with E-state index in [0.29, 0.717) is 12.0 Å². The fraction of sp³-hybridized carbons (Fsp3) is 0.917. The molecule has 0 aromatic carbocycles. The van der Waals surface area contributed by atoms with Crippen LogP contribution >= 0.6 is 0 Å². The Kier molecular flexibility index (Phi) is 3.29. The van der Waals surface area contributed by atoms with Crippen molar-refractivity contribution in [2.45, 2.75) is 45.1 Å². The molecular weight excluding hydrogens is 190 g/mol. The first-order chi connectivity index (χ1) is 7.22. The zero-order chi connectivity index (χ0) is 10.8. The van der Waals surface area contributed by atoms with Gasteiger partial charge in [0, 0.05) is 19.1 Å². The lowest BCUT2D eigenvalue weighted by Gasteiger charge is -2.34. The van der Waals surface area contributed by atoms with Gasteiger partial charge in [-0.25, -0.2) is 0 Å². The quantitative estimate of drug-likeness (QED) is 0.773. The Labute approximate surface area is 91.5 Å². The molecule has 15 heavy (non-hydrogen) atoms. The van der Waals surface area contributed by atoms with Gasteiger partial charge in [-0.2, -0.15) is 0 Å². The summed E-state index contributed by atoms with van der Waals surface area (Å²) in [4.78, 5) is 13.6. The average molecular weight is 211 g/mol. The maximum atomic E-state index is 11.1. The van der Waals surface area contributed by atoms with Crippen LogP contribution in [0.25, 0.3) is 0 Å². The molecule has 0 aromatic rings. The van der Waals surface area contributed by atoms with Gasteiger partial charge >= 0.3 is 5.97 Å². The highest BCUT2D eigenvalue weighted by Crippen LogP contribution is 2.34. The lowest BCUT2D eigenvalue weighted by Crippen LogP contribution is -2.39. The largest absolute Gasteiger partial charge is 0.481 e. The van der Waals surface area contributed by atoms with Gasteiger partial charge in [0.05, 0.1) is 5.92 Å². The van der Waals surface area contributed by atoms with E-state index in [9.17, 15) is 9.90 Å². The Morgan fingerprint density at radius 1 is 1.40 bits per heavy atom. The monoisotopic (exact) mass is 211 g/mol. The zero-order valence-electron chi connectivity index (χ0n) is 9.48. The highest BCUT2D eigenvalue weighted by Gasteiger charge is 2.40. The van der Waals surface area contributed by atoms with E-state index in [1.54, 1.807) is 0 Å². The van der Waals surface area contributed by atoms with Crippen LogP contribution in [-0.2, 0) is 4.79 Å². The Morgan fingerprint density at radius 3 is 2.60 bits per heavy atom. The molecule has 2 rings (SSSR count). The number of rotatable bonds is 4. The molecule has 0 unspecified atom stereocenters. The molecule has 3 heteroatoms. The minimum absolute atomic E-state index is 0.106. The van der Waals surface area contributed by atoms with Crippen LogP contribution < -0.4 is 0 Å². The first-order valence-corrected chi connectivity index (χ1v) is 6.19. The van der Waals surface area contributed by atoms with Gasteiger partial charge in [-0.05, 0) is 25.2 Å². The van der Waals surface area contributed by atoms with Crippen LogP contribution in [0.2, 0.25) is 0 Å². The van der Waals surface area contributed by atoms with E-state index < -0.39 is 5.97 Å². The third-order valence-electron chi connectivity index (χ3n) is 4.04. The van der Waals surface area contributed by atoms with Crippen LogP contribution in [0, 0.1) is 11.8 Å². The molecule has 1 heterocycles. The van der Waals surface area contributed by atoms with Crippen molar-refractivity contribution >= 4 is 5.97 Å². The van der Waals surface area contributed by atoms with Crippen molar-refractivity contribution in [1.29, 1.82) is 0 Å². The van der Waals surface area contributed by atoms with Gasteiger partial charge < -0.3 is 5.11 Å². The molecule has 0 bridgehead atoms. The molecule has 0 aromatic heterocycles. The number of hydrogen-bond donors (Lipinski definition) is 1. The van der Waals surface area contributed by atoms with Crippen LogP contribution in [0.15, 0.2) is 0 Å². The van der Waals surface area contributed by atoms with Crippen molar-refractivity contribution in [2.75, 3.05) is 13.1 Å². The number of carboxylic acid groups (broad SMARTS) is 1. The van der Waals surface area contributed by atoms with Crippen LogP contribution in [-0.4, -0.2) is 35.1 Å². The Hall–Kier alpha value is -0.570. The SMILES string of the molecule is CCC[C@@H]1CN(C2CCC2)C[C@H]1C(=O)O. The predicted molar refractivity (Wildman–Crippen MR) is 58.7 cm³/mol. The molecule has 86 valence electrons. The van der Waals surface area contributed by atoms with Crippen LogP contribution in [0.3, 0.4) is 0 Å². The Bertz CT molecular complexity index is 238. The summed E-state index contributed by atoms with van der Waals surface area (Å²) in [6.07, 6.45) is 6.07. The number of carbonyl (C=O) groups is 1. The third-order valence-corrected chi connectivity index (χ3v) is 4.04. The summed E-state index contributed by atoms with van der Waals surface area (Å²) in [5, 5.41) is 9.17. The number of nitrogens with zero attached hydrogens (tertiary/aromatic N) is 1. The second-order valence-electron chi connectivity index (χ2n) is 5.03. The Morgan fingerprint density at radius 2 is 2.13 bits per heavy atom. The fourth-order valence-corrected chi connectivity index (χ4v) is 2.90. The van der Waals surface area contributed by atoms with Gasteiger partial charge in [0.2, 0.25) is 0 Å². The van der Waals surface area contributed by atoms with Gasteiger partial charge in [-0.15, -0.1) is 0 Å². The lowest BCUT2D eigenvalue weighted by atomic mass is 9.91. The van der Waals surface area contributed by atoms with Gasteiger partial charge in [-0.3, -0.25) is 9.69 Å². The van der Waals surface area contributed by atoms with Crippen molar-refractivity contribution in [3.63, 3.8) is 0 Å². The molecule has 1 saturated heterocycles. The second kappa shape index (κ2) is 4.52. The van der Waals surface area contributed by atoms with E-state index in [-0.39, 0.29) is 5.92 Å². The molecular formula is C12H21NO2. The summed E-state index contributed by atoms with van der Waals surface area (Å²) in [6, 6.07) is 0.703. The highest BCUT2D eigenvalue weighted by atomic mass is 16.4. The number of carboxylic acids is 1. The summed E-state index contributed by atoms with van der Waals surface area (Å²) < 4.78 is 0. The molecule has 2 fully saturated rings. The van der Waals surface area contributed by atoms with Gasteiger partial charge in [0.15, 0.2) is 0 Å². The van der Waals surface area contributed by atoms with Crippen LogP contribution in [0.1, 0.15) is 39.0 Å². The number of hydrogen-bond acceptors (Lipinski definition) is 2. The van der Waals surface area contributed by atoms with Gasteiger partial charge in [0.1, 0.15) is 0 Å². The molecule has 1 aliphatic heterocycles. The molecule has 0 radical (unpaired) electrons. The van der Waals surface area contributed by atoms with Crippen molar-refractivity contribution in [3.05, 3.63) is 0 Å². The van der Waals surface area contributed by atoms with E-state index in [1.165, 1.54) is 19.3 Å². The highest BCUT2D eigenvalue weighted by molar-refractivity contribution is 5.71. The second-order valence-corrected chi connectivity index (χ2v) is 5.03. The standard InChI is InChI=1S/C12H21NO2/c1-2-4-9-7-13(10-5-3-6-10)8-11(9)12(14)15/h9-11H,2-8H2,1H3,(H,14,15)/t9-,11-/m1/s1. The lowest BCUT2D eigenvalue weighted by molar-refractivity contribution is -0.142. The summed E-state index contributed by atoms with van der Waals surface area (Å²) in [6.45, 7) is 3.96. The minimum Gasteiger partial charge on any atom is -0.481 e. The topological polar surface area (TPSA) is 40.5 Å². The summed E-state index contributed by atoms with van der Waals surface area (Å²) in [5.41, 5.74) is 0. The van der Waals surface area contributed by atoms with E-state index in [2.05, 4.69) is 11.8 Å². The predicted octanol–water partition coefficient (Wildman–Crippen LogP) is 1.97. The van der Waals surface area contributed by atoms with E-state index in [1.807, 2.05) is 0 Å². The number of aliphatic carboxylic acids is 1. The van der Waals surface area contributed by atoms with Crippen LogP contribution in [0.5, 0.6) is 0 Å². The third kappa shape index (κ3) is 2.17. The summed E-state index contributed by atoms with van der Waals surface area (Å²) in [5.74, 6) is -0.297. The minimum atomic E-state index is -0.588. The molecule has 2 atom stereocenters. The summed E-state index contributed by atoms with van der Waals surface area (Å²) >= 11 is 0. The van der Waals surface area contributed by atoms with E-state index in [4.69, 9.17) is 0 Å². The Balaban J connectivity index is 1.94.